The van der Waals surface area contributed by atoms with E-state index in [2.05, 4.69) is 31.2 Å². The first-order valence-electron chi connectivity index (χ1n) is 12.0. The van der Waals surface area contributed by atoms with E-state index >= 15 is 0 Å². The molecule has 0 aromatic heterocycles. The minimum absolute atomic E-state index is 0.0494. The number of carbonyl (C=O) groups excluding carboxylic acids is 1. The molecule has 0 bridgehead atoms. The smallest absolute Gasteiger partial charge is 0.314 e. The standard InChI is InChI=1S/C28H35NO2/c1-2-3-4-6-9-23-17-19-25(18-16-22-12-14-24(21-29)15-13-22)27(20-23)31-28(30)26-10-7-5-8-11-26/h12-15,17,19-20,26H,2-11,16,18H2,1H3. The lowest BCUT2D eigenvalue weighted by Crippen LogP contribution is -2.23. The van der Waals surface area contributed by atoms with Gasteiger partial charge in [0.2, 0.25) is 0 Å². The molecule has 0 unspecified atom stereocenters. The van der Waals surface area contributed by atoms with Gasteiger partial charge in [-0.25, -0.2) is 0 Å². The van der Waals surface area contributed by atoms with Crippen molar-refractivity contribution in [2.75, 3.05) is 0 Å². The second-order valence-corrected chi connectivity index (χ2v) is 8.82. The fourth-order valence-electron chi connectivity index (χ4n) is 4.37. The molecule has 0 aliphatic heterocycles. The zero-order valence-electron chi connectivity index (χ0n) is 18.9. The van der Waals surface area contributed by atoms with Gasteiger partial charge in [0, 0.05) is 0 Å². The Morgan fingerprint density at radius 2 is 1.68 bits per heavy atom. The molecule has 1 aliphatic carbocycles. The number of benzene rings is 2. The Balaban J connectivity index is 1.70. The van der Waals surface area contributed by atoms with Crippen molar-refractivity contribution in [3.8, 4) is 11.8 Å². The number of aryl methyl sites for hydroxylation is 3. The summed E-state index contributed by atoms with van der Waals surface area (Å²) in [5.41, 5.74) is 4.21. The van der Waals surface area contributed by atoms with E-state index in [1.165, 1.54) is 43.2 Å². The summed E-state index contributed by atoms with van der Waals surface area (Å²) in [4.78, 5) is 12.8. The number of carbonyl (C=O) groups is 1. The molecule has 1 fully saturated rings. The predicted molar refractivity (Wildman–Crippen MR) is 125 cm³/mol. The van der Waals surface area contributed by atoms with Gasteiger partial charge in [0.05, 0.1) is 17.6 Å². The van der Waals surface area contributed by atoms with Crippen molar-refractivity contribution < 1.29 is 9.53 Å². The summed E-state index contributed by atoms with van der Waals surface area (Å²) in [5, 5.41) is 8.98. The van der Waals surface area contributed by atoms with E-state index in [0.717, 1.165) is 56.3 Å². The average Bonchev–Trinajstić information content (AvgIpc) is 2.82. The Hall–Kier alpha value is -2.60. The van der Waals surface area contributed by atoms with Crippen LogP contribution in [0.5, 0.6) is 5.75 Å². The third kappa shape index (κ3) is 7.24. The summed E-state index contributed by atoms with van der Waals surface area (Å²) < 4.78 is 6.00. The van der Waals surface area contributed by atoms with Crippen LogP contribution < -0.4 is 4.74 Å². The van der Waals surface area contributed by atoms with Crippen molar-refractivity contribution in [2.24, 2.45) is 5.92 Å². The molecule has 2 aromatic rings. The molecule has 3 nitrogen and oxygen atoms in total. The van der Waals surface area contributed by atoms with Gasteiger partial charge in [0.25, 0.3) is 0 Å². The minimum Gasteiger partial charge on any atom is -0.426 e. The van der Waals surface area contributed by atoms with Gasteiger partial charge >= 0.3 is 5.97 Å². The third-order valence-electron chi connectivity index (χ3n) is 6.37. The van der Waals surface area contributed by atoms with Crippen LogP contribution in [0.1, 0.15) is 87.0 Å². The normalized spacial score (nSPS) is 14.2. The van der Waals surface area contributed by atoms with Gasteiger partial charge in [0.1, 0.15) is 5.75 Å². The van der Waals surface area contributed by atoms with E-state index in [1.54, 1.807) is 0 Å². The van der Waals surface area contributed by atoms with Gasteiger partial charge < -0.3 is 4.74 Å². The first-order valence-corrected chi connectivity index (χ1v) is 12.0. The monoisotopic (exact) mass is 417 g/mol. The molecule has 0 spiro atoms. The lowest BCUT2D eigenvalue weighted by Gasteiger charge is -2.21. The van der Waals surface area contributed by atoms with E-state index in [9.17, 15) is 4.79 Å². The van der Waals surface area contributed by atoms with Crippen LogP contribution >= 0.6 is 0 Å². The van der Waals surface area contributed by atoms with Gasteiger partial charge in [-0.3, -0.25) is 4.79 Å². The Labute approximate surface area is 187 Å². The molecule has 164 valence electrons. The van der Waals surface area contributed by atoms with Crippen LogP contribution in [0.4, 0.5) is 0 Å². The number of ether oxygens (including phenoxy) is 1. The Kier molecular flexibility index (Phi) is 9.16. The van der Waals surface area contributed by atoms with E-state index in [0.29, 0.717) is 5.56 Å². The molecule has 0 atom stereocenters. The van der Waals surface area contributed by atoms with Crippen molar-refractivity contribution in [1.29, 1.82) is 5.26 Å². The van der Waals surface area contributed by atoms with Crippen LogP contribution in [0.3, 0.4) is 0 Å². The lowest BCUT2D eigenvalue weighted by molar-refractivity contribution is -0.140. The first-order chi connectivity index (χ1) is 15.2. The van der Waals surface area contributed by atoms with Crippen LogP contribution in [0.15, 0.2) is 42.5 Å². The predicted octanol–water partition coefficient (Wildman–Crippen LogP) is 6.95. The maximum Gasteiger partial charge on any atom is 0.314 e. The molecule has 3 rings (SSSR count). The Bertz CT molecular complexity index is 873. The number of esters is 1. The van der Waals surface area contributed by atoms with Crippen LogP contribution in [0.2, 0.25) is 0 Å². The second kappa shape index (κ2) is 12.3. The second-order valence-electron chi connectivity index (χ2n) is 8.82. The lowest BCUT2D eigenvalue weighted by atomic mass is 9.89. The van der Waals surface area contributed by atoms with Gasteiger partial charge in [0.15, 0.2) is 0 Å². The van der Waals surface area contributed by atoms with Crippen molar-refractivity contribution >= 4 is 5.97 Å². The van der Waals surface area contributed by atoms with Crippen LogP contribution in [-0.4, -0.2) is 5.97 Å². The number of rotatable bonds is 10. The number of unbranched alkanes of at least 4 members (excludes halogenated alkanes) is 3. The summed E-state index contributed by atoms with van der Waals surface area (Å²) >= 11 is 0. The average molecular weight is 418 g/mol. The molecule has 0 N–H and O–H groups in total. The van der Waals surface area contributed by atoms with Crippen LogP contribution in [0.25, 0.3) is 0 Å². The van der Waals surface area contributed by atoms with Gasteiger partial charge in [-0.1, -0.05) is 69.7 Å². The third-order valence-corrected chi connectivity index (χ3v) is 6.37. The molecule has 0 heterocycles. The minimum atomic E-state index is -0.0533. The highest BCUT2D eigenvalue weighted by Gasteiger charge is 2.24. The zero-order valence-corrected chi connectivity index (χ0v) is 18.9. The number of nitrogens with zero attached hydrogens (tertiary/aromatic N) is 1. The summed E-state index contributed by atoms with van der Waals surface area (Å²) in [5.74, 6) is 0.744. The number of hydrogen-bond donors (Lipinski definition) is 0. The Morgan fingerprint density at radius 1 is 0.935 bits per heavy atom. The molecule has 31 heavy (non-hydrogen) atoms. The summed E-state index contributed by atoms with van der Waals surface area (Å²) in [6, 6.07) is 16.3. The van der Waals surface area contributed by atoms with Gasteiger partial charge in [-0.2, -0.15) is 5.26 Å². The largest absolute Gasteiger partial charge is 0.426 e. The molecule has 1 saturated carbocycles. The molecular weight excluding hydrogens is 382 g/mol. The topological polar surface area (TPSA) is 50.1 Å². The zero-order chi connectivity index (χ0) is 21.9. The number of nitriles is 1. The van der Waals surface area contributed by atoms with Crippen molar-refractivity contribution in [3.05, 3.63) is 64.7 Å². The van der Waals surface area contributed by atoms with Crippen molar-refractivity contribution in [1.82, 2.24) is 0 Å². The van der Waals surface area contributed by atoms with E-state index < -0.39 is 0 Å². The Morgan fingerprint density at radius 3 is 2.39 bits per heavy atom. The summed E-state index contributed by atoms with van der Waals surface area (Å²) in [6.45, 7) is 2.23. The van der Waals surface area contributed by atoms with E-state index in [4.69, 9.17) is 10.00 Å². The molecule has 0 amide bonds. The fourth-order valence-corrected chi connectivity index (χ4v) is 4.37. The van der Waals surface area contributed by atoms with Gasteiger partial charge in [-0.05, 0) is 73.4 Å². The van der Waals surface area contributed by atoms with Crippen molar-refractivity contribution in [3.63, 3.8) is 0 Å². The van der Waals surface area contributed by atoms with E-state index in [1.807, 2.05) is 24.3 Å². The summed E-state index contributed by atoms with van der Waals surface area (Å²) in [7, 11) is 0. The number of hydrogen-bond acceptors (Lipinski definition) is 3. The van der Waals surface area contributed by atoms with Gasteiger partial charge in [-0.15, -0.1) is 0 Å². The maximum absolute atomic E-state index is 12.8. The highest BCUT2D eigenvalue weighted by Crippen LogP contribution is 2.29. The highest BCUT2D eigenvalue weighted by atomic mass is 16.5. The summed E-state index contributed by atoms with van der Waals surface area (Å²) in [6.07, 6.45) is 13.0. The SMILES string of the molecule is CCCCCCc1ccc(CCc2ccc(C#N)cc2)c(OC(=O)C2CCCCC2)c1. The fraction of sp³-hybridized carbons (Fsp3) is 0.500. The first kappa shape index (κ1) is 23.1. The maximum atomic E-state index is 12.8. The molecule has 0 saturated heterocycles. The van der Waals surface area contributed by atoms with E-state index in [-0.39, 0.29) is 11.9 Å². The molecule has 1 aliphatic rings. The molecule has 2 aromatic carbocycles. The quantitative estimate of drug-likeness (QED) is 0.239. The molecule has 3 heteroatoms. The van der Waals surface area contributed by atoms with Crippen LogP contribution in [0, 0.1) is 17.2 Å². The highest BCUT2D eigenvalue weighted by molar-refractivity contribution is 5.75. The molecule has 0 radical (unpaired) electrons. The van der Waals surface area contributed by atoms with Crippen molar-refractivity contribution in [2.45, 2.75) is 84.0 Å². The molecular formula is C28H35NO2. The van der Waals surface area contributed by atoms with Crippen LogP contribution in [-0.2, 0) is 24.1 Å².